The number of anilines is 1. The zero-order valence-electron chi connectivity index (χ0n) is 8.86. The minimum Gasteiger partial charge on any atom is -0.481 e. The Kier molecular flexibility index (Phi) is 2.62. The van der Waals surface area contributed by atoms with E-state index in [1.165, 1.54) is 11.3 Å². The Morgan fingerprint density at radius 1 is 1.53 bits per heavy atom. The van der Waals surface area contributed by atoms with Crippen LogP contribution in [0.15, 0.2) is 18.2 Å². The first-order valence-corrected chi connectivity index (χ1v) is 5.21. The van der Waals surface area contributed by atoms with Crippen LogP contribution in [0.3, 0.4) is 0 Å². The van der Waals surface area contributed by atoms with Gasteiger partial charge in [-0.3, -0.25) is 4.79 Å². The molecule has 1 aliphatic rings. The van der Waals surface area contributed by atoms with Gasteiger partial charge in [0.1, 0.15) is 0 Å². The van der Waals surface area contributed by atoms with Gasteiger partial charge in [0, 0.05) is 19.3 Å². The van der Waals surface area contributed by atoms with Crippen molar-refractivity contribution in [2.75, 3.05) is 18.5 Å². The number of aliphatic carboxylic acids is 1. The quantitative estimate of drug-likeness (QED) is 0.798. The fraction of sp³-hybridized carbons (Fsp3) is 0.417. The number of aryl methyl sites for hydroxylation is 1. The highest BCUT2D eigenvalue weighted by molar-refractivity contribution is 5.71. The van der Waals surface area contributed by atoms with Crippen LogP contribution in [0.5, 0.6) is 0 Å². The van der Waals surface area contributed by atoms with E-state index in [4.69, 9.17) is 5.11 Å². The van der Waals surface area contributed by atoms with E-state index >= 15 is 0 Å². The molecule has 15 heavy (non-hydrogen) atoms. The first-order valence-electron chi connectivity index (χ1n) is 5.21. The largest absolute Gasteiger partial charge is 0.481 e. The summed E-state index contributed by atoms with van der Waals surface area (Å²) in [5.41, 5.74) is 3.43. The van der Waals surface area contributed by atoms with Crippen molar-refractivity contribution in [2.24, 2.45) is 0 Å². The highest BCUT2D eigenvalue weighted by atomic mass is 16.4. The second-order valence-corrected chi connectivity index (χ2v) is 4.06. The van der Waals surface area contributed by atoms with Crippen molar-refractivity contribution in [3.8, 4) is 0 Å². The van der Waals surface area contributed by atoms with Crippen LogP contribution >= 0.6 is 0 Å². The van der Waals surface area contributed by atoms with Crippen LogP contribution in [0.4, 0.5) is 5.69 Å². The molecule has 0 aliphatic carbocycles. The van der Waals surface area contributed by atoms with Crippen LogP contribution in [-0.2, 0) is 17.6 Å². The van der Waals surface area contributed by atoms with Crippen molar-refractivity contribution < 1.29 is 9.90 Å². The van der Waals surface area contributed by atoms with E-state index in [2.05, 4.69) is 11.9 Å². The molecule has 0 spiro atoms. The van der Waals surface area contributed by atoms with E-state index in [1.807, 2.05) is 18.2 Å². The maximum absolute atomic E-state index is 10.6. The maximum Gasteiger partial charge on any atom is 0.307 e. The third-order valence-corrected chi connectivity index (χ3v) is 2.85. The summed E-state index contributed by atoms with van der Waals surface area (Å²) in [4.78, 5) is 12.8. The molecule has 1 heterocycles. The number of carbonyl (C=O) groups is 1. The summed E-state index contributed by atoms with van der Waals surface area (Å²) >= 11 is 0. The topological polar surface area (TPSA) is 40.5 Å². The lowest BCUT2D eigenvalue weighted by Gasteiger charge is -2.27. The maximum atomic E-state index is 10.6. The van der Waals surface area contributed by atoms with Crippen LogP contribution in [0, 0.1) is 0 Å². The molecule has 0 unspecified atom stereocenters. The minimum absolute atomic E-state index is 0.122. The Balaban J connectivity index is 2.29. The molecule has 2 rings (SSSR count). The van der Waals surface area contributed by atoms with E-state index < -0.39 is 5.97 Å². The van der Waals surface area contributed by atoms with Crippen LogP contribution in [0.1, 0.15) is 17.5 Å². The third kappa shape index (κ3) is 2.12. The van der Waals surface area contributed by atoms with Crippen LogP contribution in [0.25, 0.3) is 0 Å². The van der Waals surface area contributed by atoms with Gasteiger partial charge in [0.05, 0.1) is 6.42 Å². The monoisotopic (exact) mass is 205 g/mol. The Hall–Kier alpha value is -1.51. The lowest BCUT2D eigenvalue weighted by atomic mass is 9.98. The lowest BCUT2D eigenvalue weighted by Crippen LogP contribution is -2.24. The van der Waals surface area contributed by atoms with Gasteiger partial charge >= 0.3 is 5.97 Å². The molecule has 0 saturated heterocycles. The fourth-order valence-electron chi connectivity index (χ4n) is 2.12. The second-order valence-electron chi connectivity index (χ2n) is 4.06. The summed E-state index contributed by atoms with van der Waals surface area (Å²) in [5, 5.41) is 8.71. The van der Waals surface area contributed by atoms with E-state index in [9.17, 15) is 4.79 Å². The summed E-state index contributed by atoms with van der Waals surface area (Å²) in [6.07, 6.45) is 2.34. The molecule has 1 aromatic rings. The molecule has 0 aromatic heterocycles. The molecule has 3 nitrogen and oxygen atoms in total. The van der Waals surface area contributed by atoms with E-state index in [1.54, 1.807) is 0 Å². The number of nitrogens with zero attached hydrogens (tertiary/aromatic N) is 1. The first-order chi connectivity index (χ1) is 7.16. The molecule has 0 fully saturated rings. The van der Waals surface area contributed by atoms with Crippen molar-refractivity contribution in [1.82, 2.24) is 0 Å². The Morgan fingerprint density at radius 3 is 3.07 bits per heavy atom. The molecular formula is C12H15NO2. The third-order valence-electron chi connectivity index (χ3n) is 2.85. The predicted molar refractivity (Wildman–Crippen MR) is 59.4 cm³/mol. The summed E-state index contributed by atoms with van der Waals surface area (Å²) in [7, 11) is 2.08. The van der Waals surface area contributed by atoms with Gasteiger partial charge in [-0.05, 0) is 30.0 Å². The van der Waals surface area contributed by atoms with Gasteiger partial charge in [-0.25, -0.2) is 0 Å². The summed E-state index contributed by atoms with van der Waals surface area (Å²) in [6, 6.07) is 5.97. The zero-order chi connectivity index (χ0) is 10.8. The molecule has 0 saturated carbocycles. The molecule has 80 valence electrons. The molecule has 1 aliphatic heterocycles. The Labute approximate surface area is 89.3 Å². The summed E-state index contributed by atoms with van der Waals surface area (Å²) < 4.78 is 0. The summed E-state index contributed by atoms with van der Waals surface area (Å²) in [6.45, 7) is 1.09. The highest BCUT2D eigenvalue weighted by Crippen LogP contribution is 2.26. The molecule has 0 bridgehead atoms. The van der Waals surface area contributed by atoms with E-state index in [-0.39, 0.29) is 6.42 Å². The van der Waals surface area contributed by atoms with Gasteiger partial charge in [-0.1, -0.05) is 12.1 Å². The molecule has 3 heteroatoms. The lowest BCUT2D eigenvalue weighted by molar-refractivity contribution is -0.136. The van der Waals surface area contributed by atoms with Crippen LogP contribution in [0.2, 0.25) is 0 Å². The average Bonchev–Trinajstić information content (AvgIpc) is 2.17. The highest BCUT2D eigenvalue weighted by Gasteiger charge is 2.14. The van der Waals surface area contributed by atoms with Gasteiger partial charge in [0.25, 0.3) is 0 Å². The van der Waals surface area contributed by atoms with Gasteiger partial charge in [0.15, 0.2) is 0 Å². The predicted octanol–water partition coefficient (Wildman–Crippen LogP) is 1.70. The van der Waals surface area contributed by atoms with Crippen LogP contribution < -0.4 is 4.90 Å². The van der Waals surface area contributed by atoms with Crippen LogP contribution in [-0.4, -0.2) is 24.7 Å². The number of hydrogen-bond acceptors (Lipinski definition) is 2. The number of rotatable bonds is 2. The number of benzene rings is 1. The molecule has 1 N–H and O–H groups in total. The summed E-state index contributed by atoms with van der Waals surface area (Å²) in [5.74, 6) is -0.765. The zero-order valence-corrected chi connectivity index (χ0v) is 8.86. The fourth-order valence-corrected chi connectivity index (χ4v) is 2.12. The smallest absolute Gasteiger partial charge is 0.307 e. The number of carboxylic acids is 1. The number of fused-ring (bicyclic) bond motifs is 1. The van der Waals surface area contributed by atoms with Gasteiger partial charge < -0.3 is 10.0 Å². The van der Waals surface area contributed by atoms with Crippen molar-refractivity contribution in [3.05, 3.63) is 29.3 Å². The van der Waals surface area contributed by atoms with Crippen molar-refractivity contribution in [3.63, 3.8) is 0 Å². The molecule has 0 atom stereocenters. The van der Waals surface area contributed by atoms with Crippen molar-refractivity contribution in [2.45, 2.75) is 19.3 Å². The standard InChI is InChI=1S/C12H15NO2/c1-13-6-2-3-10-7-9(8-12(14)15)4-5-11(10)13/h4-5,7H,2-3,6,8H2,1H3,(H,14,15). The minimum atomic E-state index is -0.765. The Bertz CT molecular complexity index is 387. The number of hydrogen-bond donors (Lipinski definition) is 1. The number of carboxylic acid groups (broad SMARTS) is 1. The van der Waals surface area contributed by atoms with Gasteiger partial charge in [0.2, 0.25) is 0 Å². The molecule has 1 aromatic carbocycles. The molecule has 0 radical (unpaired) electrons. The second kappa shape index (κ2) is 3.93. The van der Waals surface area contributed by atoms with E-state index in [0.717, 1.165) is 24.9 Å². The SMILES string of the molecule is CN1CCCc2cc(CC(=O)O)ccc21. The van der Waals surface area contributed by atoms with Gasteiger partial charge in [-0.15, -0.1) is 0 Å². The molecular weight excluding hydrogens is 190 g/mol. The van der Waals surface area contributed by atoms with Crippen molar-refractivity contribution in [1.29, 1.82) is 0 Å². The van der Waals surface area contributed by atoms with Gasteiger partial charge in [-0.2, -0.15) is 0 Å². The van der Waals surface area contributed by atoms with Crippen molar-refractivity contribution >= 4 is 11.7 Å². The Morgan fingerprint density at radius 2 is 2.33 bits per heavy atom. The average molecular weight is 205 g/mol. The molecule has 0 amide bonds. The van der Waals surface area contributed by atoms with E-state index in [0.29, 0.717) is 0 Å². The first kappa shape index (κ1) is 10.0. The normalized spacial score (nSPS) is 14.9.